The largest absolute Gasteiger partial charge is 0.289 e. The molecule has 0 radical (unpaired) electrons. The smallest absolute Gasteiger partial charge is 0.193 e. The van der Waals surface area contributed by atoms with E-state index in [1.165, 1.54) is 11.1 Å². The van der Waals surface area contributed by atoms with Gasteiger partial charge in [0.05, 0.1) is 0 Å². The van der Waals surface area contributed by atoms with Gasteiger partial charge in [-0.1, -0.05) is 72.3 Å². The zero-order valence-electron chi connectivity index (χ0n) is 13.6. The molecule has 0 atom stereocenters. The Labute approximate surface area is 142 Å². The van der Waals surface area contributed by atoms with Gasteiger partial charge in [-0.15, -0.1) is 0 Å². The Balaban J connectivity index is 1.70. The number of benzene rings is 3. The Bertz CT molecular complexity index is 1010. The minimum atomic E-state index is 0.0749. The molecule has 0 aliphatic heterocycles. The highest BCUT2D eigenvalue weighted by Gasteiger charge is 2.12. The van der Waals surface area contributed by atoms with Gasteiger partial charge in [0.15, 0.2) is 5.78 Å². The monoisotopic (exact) mass is 310 g/mol. The molecule has 4 rings (SSSR count). The molecule has 1 aliphatic carbocycles. The maximum atomic E-state index is 12.9. The Morgan fingerprint density at radius 3 is 2.42 bits per heavy atom. The quantitative estimate of drug-likeness (QED) is 0.558. The lowest BCUT2D eigenvalue weighted by Gasteiger charge is -2.07. The summed E-state index contributed by atoms with van der Waals surface area (Å²) in [6.07, 6.45) is 5.35. The summed E-state index contributed by atoms with van der Waals surface area (Å²) >= 11 is 0. The minimum Gasteiger partial charge on any atom is -0.289 e. The van der Waals surface area contributed by atoms with Crippen molar-refractivity contribution in [1.29, 1.82) is 0 Å². The van der Waals surface area contributed by atoms with Crippen LogP contribution in [0.4, 0.5) is 0 Å². The van der Waals surface area contributed by atoms with E-state index in [0.717, 1.165) is 33.9 Å². The maximum Gasteiger partial charge on any atom is 0.193 e. The number of hydrogen-bond donors (Lipinski definition) is 0. The molecule has 24 heavy (non-hydrogen) atoms. The first-order valence-corrected chi connectivity index (χ1v) is 8.22. The summed E-state index contributed by atoms with van der Waals surface area (Å²) in [5.74, 6) is 0.0749. The summed E-state index contributed by atoms with van der Waals surface area (Å²) in [5, 5.41) is 2.25. The van der Waals surface area contributed by atoms with Crippen molar-refractivity contribution in [2.75, 3.05) is 0 Å². The van der Waals surface area contributed by atoms with E-state index in [2.05, 4.69) is 31.2 Å². The van der Waals surface area contributed by atoms with Crippen molar-refractivity contribution >= 4 is 22.1 Å². The summed E-state index contributed by atoms with van der Waals surface area (Å²) in [6.45, 7) is 2.11. The number of allylic oxidation sites excluding steroid dienone is 4. The first kappa shape index (κ1) is 14.6. The normalized spacial score (nSPS) is 13.7. The predicted octanol–water partition coefficient (Wildman–Crippen LogP) is 5.80. The number of hydrogen-bond acceptors (Lipinski definition) is 1. The molecule has 0 spiro atoms. The predicted molar refractivity (Wildman–Crippen MR) is 100 cm³/mol. The molecule has 0 saturated carbocycles. The van der Waals surface area contributed by atoms with Gasteiger partial charge in [0.2, 0.25) is 0 Å². The van der Waals surface area contributed by atoms with Crippen LogP contribution in [0.1, 0.15) is 34.8 Å². The van der Waals surface area contributed by atoms with Crippen LogP contribution in [-0.4, -0.2) is 5.78 Å². The van der Waals surface area contributed by atoms with Crippen LogP contribution < -0.4 is 0 Å². The minimum absolute atomic E-state index is 0.0749. The van der Waals surface area contributed by atoms with Crippen LogP contribution in [-0.2, 0) is 0 Å². The summed E-state index contributed by atoms with van der Waals surface area (Å²) in [4.78, 5) is 12.9. The van der Waals surface area contributed by atoms with Gasteiger partial charge in [0.25, 0.3) is 0 Å². The third-order valence-corrected chi connectivity index (χ3v) is 4.55. The van der Waals surface area contributed by atoms with Crippen LogP contribution in [0.2, 0.25) is 0 Å². The lowest BCUT2D eigenvalue weighted by atomic mass is 9.96. The first-order valence-electron chi connectivity index (χ1n) is 8.22. The highest BCUT2D eigenvalue weighted by Crippen LogP contribution is 2.28. The van der Waals surface area contributed by atoms with E-state index < -0.39 is 0 Å². The zero-order valence-corrected chi connectivity index (χ0v) is 13.6. The Morgan fingerprint density at radius 1 is 0.833 bits per heavy atom. The van der Waals surface area contributed by atoms with E-state index in [1.807, 2.05) is 54.6 Å². The molecule has 116 valence electrons. The number of rotatable bonds is 3. The molecule has 1 aliphatic rings. The molecule has 0 unspecified atom stereocenters. The van der Waals surface area contributed by atoms with Crippen LogP contribution in [0.25, 0.3) is 16.3 Å². The van der Waals surface area contributed by atoms with E-state index in [0.29, 0.717) is 0 Å². The second kappa shape index (κ2) is 5.93. The molecule has 0 heterocycles. The first-order chi connectivity index (χ1) is 11.7. The van der Waals surface area contributed by atoms with Crippen molar-refractivity contribution in [3.05, 3.63) is 101 Å². The summed E-state index contributed by atoms with van der Waals surface area (Å²) in [5.41, 5.74) is 5.18. The molecule has 0 bridgehead atoms. The molecule has 0 saturated heterocycles. The fourth-order valence-corrected chi connectivity index (χ4v) is 3.22. The van der Waals surface area contributed by atoms with E-state index >= 15 is 0 Å². The summed E-state index contributed by atoms with van der Waals surface area (Å²) in [7, 11) is 0. The fourth-order valence-electron chi connectivity index (χ4n) is 3.22. The van der Waals surface area contributed by atoms with Gasteiger partial charge in [-0.2, -0.15) is 0 Å². The van der Waals surface area contributed by atoms with Gasteiger partial charge >= 0.3 is 0 Å². The van der Waals surface area contributed by atoms with Crippen LogP contribution in [0.3, 0.4) is 0 Å². The van der Waals surface area contributed by atoms with Crippen molar-refractivity contribution in [3.63, 3.8) is 0 Å². The van der Waals surface area contributed by atoms with E-state index in [-0.39, 0.29) is 5.78 Å². The number of fused-ring (bicyclic) bond motifs is 1. The van der Waals surface area contributed by atoms with Crippen LogP contribution in [0.5, 0.6) is 0 Å². The maximum absolute atomic E-state index is 12.9. The van der Waals surface area contributed by atoms with Gasteiger partial charge in [0, 0.05) is 11.1 Å². The van der Waals surface area contributed by atoms with Crippen LogP contribution in [0, 0.1) is 0 Å². The van der Waals surface area contributed by atoms with E-state index in [4.69, 9.17) is 0 Å². The van der Waals surface area contributed by atoms with Gasteiger partial charge in [-0.25, -0.2) is 0 Å². The standard InChI is InChI=1S/C23H18O/c1-16-9-10-20(13-16)19-7-4-8-21(15-19)23(24)22-12-11-17-5-2-3-6-18(17)14-22/h2-9,11-15H,10H2,1H3. The van der Waals surface area contributed by atoms with Crippen LogP contribution in [0.15, 0.2) is 84.5 Å². The third-order valence-electron chi connectivity index (χ3n) is 4.55. The number of carbonyl (C=O) groups excluding carboxylic acids is 1. The average molecular weight is 310 g/mol. The lowest BCUT2D eigenvalue weighted by molar-refractivity contribution is 0.103. The topological polar surface area (TPSA) is 17.1 Å². The number of ketones is 1. The molecule has 0 N–H and O–H groups in total. The van der Waals surface area contributed by atoms with E-state index in [9.17, 15) is 4.79 Å². The zero-order chi connectivity index (χ0) is 16.5. The molecule has 3 aromatic carbocycles. The second-order valence-corrected chi connectivity index (χ2v) is 6.29. The Hall–Kier alpha value is -2.93. The van der Waals surface area contributed by atoms with Gasteiger partial charge < -0.3 is 0 Å². The highest BCUT2D eigenvalue weighted by atomic mass is 16.1. The molecule has 3 aromatic rings. The van der Waals surface area contributed by atoms with Crippen LogP contribution >= 0.6 is 0 Å². The molecule has 1 heteroatoms. The number of carbonyl (C=O) groups is 1. The van der Waals surface area contributed by atoms with Crippen molar-refractivity contribution in [2.24, 2.45) is 0 Å². The van der Waals surface area contributed by atoms with Crippen molar-refractivity contribution in [2.45, 2.75) is 13.3 Å². The van der Waals surface area contributed by atoms with Gasteiger partial charge in [-0.05, 0) is 47.4 Å². The molecule has 0 fully saturated rings. The van der Waals surface area contributed by atoms with Crippen molar-refractivity contribution in [3.8, 4) is 0 Å². The highest BCUT2D eigenvalue weighted by molar-refractivity contribution is 6.11. The van der Waals surface area contributed by atoms with Gasteiger partial charge in [0.1, 0.15) is 0 Å². The van der Waals surface area contributed by atoms with Crippen molar-refractivity contribution in [1.82, 2.24) is 0 Å². The van der Waals surface area contributed by atoms with E-state index in [1.54, 1.807) is 0 Å². The average Bonchev–Trinajstić information content (AvgIpc) is 3.07. The third kappa shape index (κ3) is 2.69. The molecular formula is C23H18O. The lowest BCUT2D eigenvalue weighted by Crippen LogP contribution is -2.01. The molecule has 0 aromatic heterocycles. The molecule has 0 amide bonds. The SMILES string of the molecule is CC1=CCC(c2cccc(C(=O)c3ccc4ccccc4c3)c2)=C1. The molecule has 1 nitrogen and oxygen atoms in total. The summed E-state index contributed by atoms with van der Waals surface area (Å²) < 4.78 is 0. The Kier molecular flexibility index (Phi) is 3.62. The summed E-state index contributed by atoms with van der Waals surface area (Å²) in [6, 6.07) is 22.0. The Morgan fingerprint density at radius 2 is 1.62 bits per heavy atom. The second-order valence-electron chi connectivity index (χ2n) is 6.29. The fraction of sp³-hybridized carbons (Fsp3) is 0.0870. The molecular weight excluding hydrogens is 292 g/mol. The van der Waals surface area contributed by atoms with Gasteiger partial charge in [-0.3, -0.25) is 4.79 Å². The van der Waals surface area contributed by atoms with Crippen molar-refractivity contribution < 1.29 is 4.79 Å².